The average molecular weight is 252 g/mol. The highest BCUT2D eigenvalue weighted by atomic mass is 32.1. The molecule has 92 valence electrons. The lowest BCUT2D eigenvalue weighted by Crippen LogP contribution is -2.59. The molecule has 1 atom stereocenters. The molecule has 2 heterocycles. The molecule has 0 radical (unpaired) electrons. The van der Waals surface area contributed by atoms with E-state index in [0.29, 0.717) is 5.41 Å². The van der Waals surface area contributed by atoms with Crippen molar-refractivity contribution in [3.05, 3.63) is 16.1 Å². The fourth-order valence-corrected chi connectivity index (χ4v) is 3.70. The Bertz CT molecular complexity index is 445. The summed E-state index contributed by atoms with van der Waals surface area (Å²) >= 11 is 1.46. The molecule has 0 bridgehead atoms. The standard InChI is InChI=1S/C12H16N2O2S/c1-8(10-13-9(5-17-10)11(15)16)14-6-12(7-14)3-2-4-12/h5,8H,2-4,6-7H2,1H3,(H,15,16). The summed E-state index contributed by atoms with van der Waals surface area (Å²) in [6.45, 7) is 4.45. The fraction of sp³-hybridized carbons (Fsp3) is 0.667. The third-order valence-electron chi connectivity index (χ3n) is 4.14. The van der Waals surface area contributed by atoms with Crippen molar-refractivity contribution in [3.63, 3.8) is 0 Å². The van der Waals surface area contributed by atoms with Crippen LogP contribution in [0.4, 0.5) is 0 Å². The van der Waals surface area contributed by atoms with Gasteiger partial charge >= 0.3 is 5.97 Å². The molecule has 2 aliphatic rings. The van der Waals surface area contributed by atoms with Crippen molar-refractivity contribution in [1.82, 2.24) is 9.88 Å². The molecule has 1 unspecified atom stereocenters. The summed E-state index contributed by atoms with van der Waals surface area (Å²) in [7, 11) is 0. The highest BCUT2D eigenvalue weighted by molar-refractivity contribution is 7.09. The number of rotatable bonds is 3. The second-order valence-electron chi connectivity index (χ2n) is 5.31. The highest BCUT2D eigenvalue weighted by Gasteiger charge is 2.48. The predicted octanol–water partition coefficient (Wildman–Crippen LogP) is 2.39. The molecule has 5 heteroatoms. The van der Waals surface area contributed by atoms with Crippen LogP contribution in [0.1, 0.15) is 47.7 Å². The SMILES string of the molecule is CC(c1nc(C(=O)O)cs1)N1CC2(CCC2)C1. The normalized spacial score (nSPS) is 24.1. The van der Waals surface area contributed by atoms with E-state index in [1.807, 2.05) is 0 Å². The molecule has 1 aromatic rings. The Kier molecular flexibility index (Phi) is 2.48. The van der Waals surface area contributed by atoms with E-state index in [9.17, 15) is 4.79 Å². The van der Waals surface area contributed by atoms with Crippen LogP contribution in [0.25, 0.3) is 0 Å². The van der Waals surface area contributed by atoms with Crippen molar-refractivity contribution in [2.75, 3.05) is 13.1 Å². The Morgan fingerprint density at radius 2 is 2.29 bits per heavy atom. The van der Waals surface area contributed by atoms with Crippen LogP contribution in [0.3, 0.4) is 0 Å². The van der Waals surface area contributed by atoms with Gasteiger partial charge in [0, 0.05) is 18.5 Å². The number of carbonyl (C=O) groups is 1. The first kappa shape index (κ1) is 11.2. The summed E-state index contributed by atoms with van der Waals surface area (Å²) in [5, 5.41) is 11.4. The minimum atomic E-state index is -0.932. The Morgan fingerprint density at radius 1 is 1.59 bits per heavy atom. The Hall–Kier alpha value is -0.940. The number of nitrogens with zero attached hydrogens (tertiary/aromatic N) is 2. The number of carboxylic acid groups (broad SMARTS) is 1. The third kappa shape index (κ3) is 1.77. The molecule has 1 aliphatic heterocycles. The second kappa shape index (κ2) is 3.78. The summed E-state index contributed by atoms with van der Waals surface area (Å²) in [6.07, 6.45) is 4.12. The van der Waals surface area contributed by atoms with Gasteiger partial charge in [-0.25, -0.2) is 9.78 Å². The van der Waals surface area contributed by atoms with Crippen LogP contribution < -0.4 is 0 Å². The van der Waals surface area contributed by atoms with Crippen LogP contribution in [0.2, 0.25) is 0 Å². The minimum absolute atomic E-state index is 0.177. The van der Waals surface area contributed by atoms with Crippen LogP contribution in [-0.4, -0.2) is 34.0 Å². The number of likely N-dealkylation sites (tertiary alicyclic amines) is 1. The Morgan fingerprint density at radius 3 is 2.76 bits per heavy atom. The van der Waals surface area contributed by atoms with E-state index in [2.05, 4.69) is 16.8 Å². The van der Waals surface area contributed by atoms with E-state index in [-0.39, 0.29) is 11.7 Å². The van der Waals surface area contributed by atoms with Crippen LogP contribution in [0, 0.1) is 5.41 Å². The van der Waals surface area contributed by atoms with E-state index < -0.39 is 5.97 Å². The van der Waals surface area contributed by atoms with Gasteiger partial charge in [-0.05, 0) is 25.2 Å². The first-order valence-electron chi connectivity index (χ1n) is 6.02. The molecule has 17 heavy (non-hydrogen) atoms. The van der Waals surface area contributed by atoms with E-state index in [1.165, 1.54) is 30.6 Å². The average Bonchev–Trinajstić information content (AvgIpc) is 2.61. The largest absolute Gasteiger partial charge is 0.476 e. The van der Waals surface area contributed by atoms with Gasteiger partial charge in [0.05, 0.1) is 6.04 Å². The van der Waals surface area contributed by atoms with Gasteiger partial charge in [0.2, 0.25) is 0 Å². The van der Waals surface area contributed by atoms with Crippen LogP contribution >= 0.6 is 11.3 Å². The lowest BCUT2D eigenvalue weighted by Gasteiger charge is -2.57. The molecular weight excluding hydrogens is 236 g/mol. The molecule has 1 aromatic heterocycles. The van der Waals surface area contributed by atoms with E-state index in [1.54, 1.807) is 5.38 Å². The van der Waals surface area contributed by atoms with Crippen molar-refractivity contribution >= 4 is 17.3 Å². The van der Waals surface area contributed by atoms with Crippen LogP contribution in [-0.2, 0) is 0 Å². The van der Waals surface area contributed by atoms with Crippen molar-refractivity contribution in [2.45, 2.75) is 32.2 Å². The molecule has 4 nitrogen and oxygen atoms in total. The van der Waals surface area contributed by atoms with Gasteiger partial charge in [0.15, 0.2) is 5.69 Å². The second-order valence-corrected chi connectivity index (χ2v) is 6.20. The summed E-state index contributed by atoms with van der Waals surface area (Å²) in [6, 6.07) is 0.263. The summed E-state index contributed by atoms with van der Waals surface area (Å²) in [5.41, 5.74) is 0.789. The zero-order chi connectivity index (χ0) is 12.0. The first-order valence-corrected chi connectivity index (χ1v) is 6.90. The highest BCUT2D eigenvalue weighted by Crippen LogP contribution is 2.50. The van der Waals surface area contributed by atoms with Gasteiger partial charge in [-0.2, -0.15) is 0 Å². The molecule has 1 aliphatic carbocycles. The molecule has 1 N–H and O–H groups in total. The molecule has 0 amide bonds. The van der Waals surface area contributed by atoms with E-state index in [4.69, 9.17) is 5.11 Å². The Balaban J connectivity index is 1.65. The maximum atomic E-state index is 10.8. The molecule has 2 fully saturated rings. The topological polar surface area (TPSA) is 53.4 Å². The number of carboxylic acids is 1. The van der Waals surface area contributed by atoms with Crippen molar-refractivity contribution in [3.8, 4) is 0 Å². The zero-order valence-corrected chi connectivity index (χ0v) is 10.7. The molecule has 0 aromatic carbocycles. The lowest BCUT2D eigenvalue weighted by molar-refractivity contribution is -0.0804. The van der Waals surface area contributed by atoms with Gasteiger partial charge in [-0.15, -0.1) is 11.3 Å². The number of hydrogen-bond donors (Lipinski definition) is 1. The maximum Gasteiger partial charge on any atom is 0.355 e. The van der Waals surface area contributed by atoms with Crippen molar-refractivity contribution in [2.24, 2.45) is 5.41 Å². The monoisotopic (exact) mass is 252 g/mol. The molecule has 3 rings (SSSR count). The predicted molar refractivity (Wildman–Crippen MR) is 65.3 cm³/mol. The summed E-state index contributed by atoms with van der Waals surface area (Å²) < 4.78 is 0. The van der Waals surface area contributed by atoms with Crippen molar-refractivity contribution in [1.29, 1.82) is 0 Å². The quantitative estimate of drug-likeness (QED) is 0.897. The van der Waals surface area contributed by atoms with Gasteiger partial charge in [-0.3, -0.25) is 4.90 Å². The number of hydrogen-bond acceptors (Lipinski definition) is 4. The maximum absolute atomic E-state index is 10.8. The summed E-state index contributed by atoms with van der Waals surface area (Å²) in [4.78, 5) is 17.4. The molecule has 1 saturated carbocycles. The van der Waals surface area contributed by atoms with E-state index in [0.717, 1.165) is 18.1 Å². The fourth-order valence-electron chi connectivity index (χ4n) is 2.82. The smallest absolute Gasteiger partial charge is 0.355 e. The van der Waals surface area contributed by atoms with Crippen LogP contribution in [0.5, 0.6) is 0 Å². The minimum Gasteiger partial charge on any atom is -0.476 e. The van der Waals surface area contributed by atoms with Gasteiger partial charge in [0.1, 0.15) is 5.01 Å². The number of thiazole rings is 1. The number of aromatic carboxylic acids is 1. The third-order valence-corrected chi connectivity index (χ3v) is 5.15. The lowest BCUT2D eigenvalue weighted by atomic mass is 9.63. The zero-order valence-electron chi connectivity index (χ0n) is 9.85. The van der Waals surface area contributed by atoms with Gasteiger partial charge < -0.3 is 5.11 Å². The number of aromatic nitrogens is 1. The van der Waals surface area contributed by atoms with E-state index >= 15 is 0 Å². The molecule has 1 saturated heterocycles. The first-order chi connectivity index (χ1) is 8.10. The van der Waals surface area contributed by atoms with Gasteiger partial charge in [-0.1, -0.05) is 6.42 Å². The van der Waals surface area contributed by atoms with Crippen molar-refractivity contribution < 1.29 is 9.90 Å². The molecular formula is C12H16N2O2S. The van der Waals surface area contributed by atoms with Gasteiger partial charge in [0.25, 0.3) is 0 Å². The summed E-state index contributed by atoms with van der Waals surface area (Å²) in [5.74, 6) is -0.932. The molecule has 1 spiro atoms. The van der Waals surface area contributed by atoms with Crippen LogP contribution in [0.15, 0.2) is 5.38 Å². The Labute approximate surface area is 104 Å².